The van der Waals surface area contributed by atoms with Crippen molar-refractivity contribution in [1.82, 2.24) is 9.55 Å². The highest BCUT2D eigenvalue weighted by molar-refractivity contribution is 6.74. The van der Waals surface area contributed by atoms with Crippen molar-refractivity contribution in [2.45, 2.75) is 69.0 Å². The largest absolute Gasteiger partial charge is 0.497 e. The van der Waals surface area contributed by atoms with Gasteiger partial charge in [-0.05, 0) is 59.1 Å². The van der Waals surface area contributed by atoms with Gasteiger partial charge in [-0.2, -0.15) is 0 Å². The summed E-state index contributed by atoms with van der Waals surface area (Å²) in [6, 6.07) is 26.4. The zero-order valence-corrected chi connectivity index (χ0v) is 28.9. The molecule has 1 aliphatic heterocycles. The quantitative estimate of drug-likeness (QED) is 0.166. The summed E-state index contributed by atoms with van der Waals surface area (Å²) in [4.78, 5) is 28.2. The van der Waals surface area contributed by atoms with Crippen molar-refractivity contribution in [3.05, 3.63) is 129 Å². The second-order valence-corrected chi connectivity index (χ2v) is 18.0. The zero-order chi connectivity index (χ0) is 34.0. The molecule has 0 saturated carbocycles. The number of nitrogens with one attached hydrogen (secondary N) is 1. The van der Waals surface area contributed by atoms with Gasteiger partial charge in [-0.25, -0.2) is 9.36 Å². The van der Waals surface area contributed by atoms with Crippen molar-refractivity contribution < 1.29 is 28.5 Å². The second-order valence-electron chi connectivity index (χ2n) is 13.2. The summed E-state index contributed by atoms with van der Waals surface area (Å²) in [5.74, 6) is 1.38. The number of H-pyrrole nitrogens is 1. The Bertz CT molecular complexity index is 1670. The third kappa shape index (κ3) is 6.72. The molecule has 250 valence electrons. The lowest BCUT2D eigenvalue weighted by atomic mass is 9.80. The molecule has 4 aromatic rings. The average molecular weight is 661 g/mol. The summed E-state index contributed by atoms with van der Waals surface area (Å²) in [5.41, 5.74) is 0.0481. The highest BCUT2D eigenvalue weighted by Crippen LogP contribution is 2.44. The Balaban J connectivity index is 1.63. The molecule has 0 radical (unpaired) electrons. The van der Waals surface area contributed by atoms with Gasteiger partial charge in [0.1, 0.15) is 35.4 Å². The van der Waals surface area contributed by atoms with Crippen LogP contribution >= 0.6 is 0 Å². The van der Waals surface area contributed by atoms with Gasteiger partial charge in [0.25, 0.3) is 5.56 Å². The first-order chi connectivity index (χ1) is 22.3. The summed E-state index contributed by atoms with van der Waals surface area (Å²) in [7, 11) is 0.735. The van der Waals surface area contributed by atoms with Crippen LogP contribution in [0.3, 0.4) is 0 Å². The van der Waals surface area contributed by atoms with E-state index in [-0.39, 0.29) is 11.6 Å². The van der Waals surface area contributed by atoms with Gasteiger partial charge in [0, 0.05) is 12.3 Å². The minimum Gasteiger partial charge on any atom is -0.497 e. The number of benzene rings is 3. The van der Waals surface area contributed by atoms with Gasteiger partial charge in [0.15, 0.2) is 14.5 Å². The standard InChI is InChI=1S/C36H44N2O8Si/c1-35(2,3)47(6,7)46-32-29(45-33(31(32)40)38-30(39)21-22-37-34(38)41)23-44-36(24-11-9-8-10-12-24,25-13-17-27(42-4)18-14-25)26-15-19-28(43-5)20-16-26/h8-22,29,31-33,40H,23H2,1-7H3,(H,37,41)/t29-,31?,32+,33-/m1/s1. The van der Waals surface area contributed by atoms with Gasteiger partial charge < -0.3 is 33.5 Å². The van der Waals surface area contributed by atoms with Crippen LogP contribution in [0.1, 0.15) is 43.7 Å². The molecule has 3 aromatic carbocycles. The van der Waals surface area contributed by atoms with E-state index in [9.17, 15) is 14.7 Å². The van der Waals surface area contributed by atoms with Crippen molar-refractivity contribution >= 4 is 8.32 Å². The molecule has 2 heterocycles. The fraction of sp³-hybridized carbons (Fsp3) is 0.389. The number of aromatic amines is 1. The third-order valence-electron chi connectivity index (χ3n) is 9.33. The number of methoxy groups -OCH3 is 2. The lowest BCUT2D eigenvalue weighted by Gasteiger charge is -2.41. The van der Waals surface area contributed by atoms with Crippen LogP contribution in [0.5, 0.6) is 11.5 Å². The molecule has 2 N–H and O–H groups in total. The highest BCUT2D eigenvalue weighted by Gasteiger charge is 2.52. The first-order valence-corrected chi connectivity index (χ1v) is 18.5. The molecule has 1 unspecified atom stereocenters. The molecule has 0 spiro atoms. The first kappa shape index (κ1) is 34.3. The molecular weight excluding hydrogens is 616 g/mol. The zero-order valence-electron chi connectivity index (χ0n) is 27.9. The van der Waals surface area contributed by atoms with Gasteiger partial charge in [-0.1, -0.05) is 75.4 Å². The smallest absolute Gasteiger partial charge is 0.330 e. The van der Waals surface area contributed by atoms with Crippen molar-refractivity contribution in [3.63, 3.8) is 0 Å². The number of aliphatic hydroxyl groups is 1. The fourth-order valence-electron chi connectivity index (χ4n) is 5.69. The molecule has 10 nitrogen and oxygen atoms in total. The number of rotatable bonds is 11. The average Bonchev–Trinajstić information content (AvgIpc) is 3.35. The highest BCUT2D eigenvalue weighted by atomic mass is 28.4. The van der Waals surface area contributed by atoms with E-state index < -0.39 is 49.7 Å². The van der Waals surface area contributed by atoms with Gasteiger partial charge in [0.2, 0.25) is 0 Å². The molecule has 11 heteroatoms. The molecule has 1 aliphatic rings. The molecule has 0 amide bonds. The normalized spacial score (nSPS) is 20.3. The summed E-state index contributed by atoms with van der Waals surface area (Å²) < 4.78 is 32.1. The predicted octanol–water partition coefficient (Wildman–Crippen LogP) is 5.21. The van der Waals surface area contributed by atoms with Crippen LogP contribution in [0.2, 0.25) is 18.1 Å². The molecule has 47 heavy (non-hydrogen) atoms. The maximum absolute atomic E-state index is 12.9. The monoisotopic (exact) mass is 660 g/mol. The summed E-state index contributed by atoms with van der Waals surface area (Å²) in [5, 5.41) is 11.5. The van der Waals surface area contributed by atoms with Crippen molar-refractivity contribution in [2.24, 2.45) is 0 Å². The summed E-state index contributed by atoms with van der Waals surface area (Å²) in [6.07, 6.45) is -3.09. The Morgan fingerprint density at radius 1 is 0.830 bits per heavy atom. The SMILES string of the molecule is COc1ccc(C(OC[C@H]2O[C@@H](n3c(=O)cc[nH]c3=O)C(O)[C@H]2O[Si](C)(C)C(C)(C)C)(c2ccccc2)c2ccc(OC)cc2)cc1. The Labute approximate surface area is 276 Å². The van der Waals surface area contributed by atoms with Crippen molar-refractivity contribution in [3.8, 4) is 11.5 Å². The lowest BCUT2D eigenvalue weighted by molar-refractivity contribution is -0.0954. The third-order valence-corrected chi connectivity index (χ3v) is 13.8. The van der Waals surface area contributed by atoms with E-state index in [0.717, 1.165) is 21.3 Å². The molecule has 5 rings (SSSR count). The predicted molar refractivity (Wildman–Crippen MR) is 182 cm³/mol. The summed E-state index contributed by atoms with van der Waals surface area (Å²) in [6.45, 7) is 10.4. The van der Waals surface area contributed by atoms with Crippen molar-refractivity contribution in [2.75, 3.05) is 20.8 Å². The van der Waals surface area contributed by atoms with Crippen LogP contribution in [-0.4, -0.2) is 62.1 Å². The van der Waals surface area contributed by atoms with Gasteiger partial charge in [0.05, 0.1) is 20.8 Å². The second kappa shape index (κ2) is 13.6. The molecule has 1 aromatic heterocycles. The Morgan fingerprint density at radius 3 is 1.85 bits per heavy atom. The Hall–Kier alpha value is -4.00. The maximum Gasteiger partial charge on any atom is 0.330 e. The van der Waals surface area contributed by atoms with Crippen LogP contribution in [0.15, 0.2) is 101 Å². The van der Waals surface area contributed by atoms with E-state index in [2.05, 4.69) is 38.8 Å². The van der Waals surface area contributed by atoms with Crippen LogP contribution in [0, 0.1) is 0 Å². The van der Waals surface area contributed by atoms with E-state index in [0.29, 0.717) is 11.5 Å². The molecule has 4 atom stereocenters. The first-order valence-electron chi connectivity index (χ1n) is 15.6. The van der Waals surface area contributed by atoms with Gasteiger partial charge in [-0.15, -0.1) is 0 Å². The van der Waals surface area contributed by atoms with Crippen LogP contribution in [0.25, 0.3) is 0 Å². The van der Waals surface area contributed by atoms with E-state index in [1.807, 2.05) is 78.9 Å². The van der Waals surface area contributed by atoms with Crippen LogP contribution < -0.4 is 20.7 Å². The fourth-order valence-corrected chi connectivity index (χ4v) is 7.01. The van der Waals surface area contributed by atoms with E-state index in [4.69, 9.17) is 23.4 Å². The maximum atomic E-state index is 12.9. The Kier molecular flexibility index (Phi) is 9.95. The van der Waals surface area contributed by atoms with Gasteiger partial charge in [-0.3, -0.25) is 4.79 Å². The number of aliphatic hydroxyl groups excluding tert-OH is 1. The molecule has 0 aliphatic carbocycles. The number of aromatic nitrogens is 2. The topological polar surface area (TPSA) is 121 Å². The summed E-state index contributed by atoms with van der Waals surface area (Å²) >= 11 is 0. The van der Waals surface area contributed by atoms with Crippen molar-refractivity contribution in [1.29, 1.82) is 0 Å². The molecular formula is C36H44N2O8Si. The van der Waals surface area contributed by atoms with E-state index >= 15 is 0 Å². The van der Waals surface area contributed by atoms with Crippen LogP contribution in [-0.2, 0) is 19.5 Å². The van der Waals surface area contributed by atoms with Crippen LogP contribution in [0.4, 0.5) is 0 Å². The Morgan fingerprint density at radius 2 is 1.36 bits per heavy atom. The van der Waals surface area contributed by atoms with Gasteiger partial charge >= 0.3 is 5.69 Å². The lowest BCUT2D eigenvalue weighted by Crippen LogP contribution is -2.51. The molecule has 1 saturated heterocycles. The number of hydrogen-bond donors (Lipinski definition) is 2. The van der Waals surface area contributed by atoms with E-state index in [1.165, 1.54) is 12.3 Å². The number of ether oxygens (including phenoxy) is 4. The molecule has 1 fully saturated rings. The minimum absolute atomic E-state index is 0.0563. The molecule has 0 bridgehead atoms. The number of hydrogen-bond acceptors (Lipinski definition) is 8. The number of nitrogens with zero attached hydrogens (tertiary/aromatic N) is 1. The van der Waals surface area contributed by atoms with E-state index in [1.54, 1.807) is 14.2 Å². The minimum atomic E-state index is -2.50.